The van der Waals surface area contributed by atoms with Gasteiger partial charge in [-0.2, -0.15) is 0 Å². The number of fused-ring (bicyclic) bond motifs is 11. The standard InChI is InChI=1S/C47H29N3O2/c1-2-11-33(12-3-1)50-41-27-30(19-22-34(41)35-13-10-26-49-46(35)50)31-20-23-38-44(28-31)51-42-17-6-4-14-36(42)47(38)37-15-5-7-18-43(37)52-45-29-32(21-24-39(45)47)40-16-8-9-25-48-40/h1-29H. The van der Waals surface area contributed by atoms with E-state index in [4.69, 9.17) is 14.5 Å². The Kier molecular flexibility index (Phi) is 6.10. The van der Waals surface area contributed by atoms with E-state index in [1.807, 2.05) is 54.9 Å². The molecule has 1 atom stereocenters. The summed E-state index contributed by atoms with van der Waals surface area (Å²) in [5, 5.41) is 2.29. The zero-order chi connectivity index (χ0) is 34.2. The summed E-state index contributed by atoms with van der Waals surface area (Å²) in [6, 6.07) is 57.2. The first-order valence-electron chi connectivity index (χ1n) is 17.5. The largest absolute Gasteiger partial charge is 0.457 e. The van der Waals surface area contributed by atoms with Gasteiger partial charge in [-0.1, -0.05) is 97.1 Å². The topological polar surface area (TPSA) is 49.2 Å². The second-order valence-electron chi connectivity index (χ2n) is 13.4. The maximum atomic E-state index is 6.85. The summed E-state index contributed by atoms with van der Waals surface area (Å²) < 4.78 is 15.8. The SMILES string of the molecule is c1ccc(-n2c3cc(-c4ccc5c(c4)Oc4ccccc4C54c5ccccc5Oc5cc(-c6ccccn6)ccc54)ccc3c3cccnc32)cc1. The normalized spacial score (nSPS) is 15.3. The molecular weight excluding hydrogens is 639 g/mol. The Morgan fingerprint density at radius 3 is 1.75 bits per heavy atom. The fourth-order valence-corrected chi connectivity index (χ4v) is 8.41. The molecule has 52 heavy (non-hydrogen) atoms. The number of benzene rings is 6. The van der Waals surface area contributed by atoms with Crippen LogP contribution in [0.2, 0.25) is 0 Å². The van der Waals surface area contributed by atoms with Crippen molar-refractivity contribution in [3.8, 4) is 51.1 Å². The highest BCUT2D eigenvalue weighted by Gasteiger charge is 2.50. The second kappa shape index (κ2) is 11.0. The van der Waals surface area contributed by atoms with Gasteiger partial charge in [0.1, 0.15) is 28.6 Å². The Morgan fingerprint density at radius 2 is 1.02 bits per heavy atom. The van der Waals surface area contributed by atoms with Gasteiger partial charge in [0.25, 0.3) is 0 Å². The van der Waals surface area contributed by atoms with Crippen LogP contribution in [0.4, 0.5) is 0 Å². The summed E-state index contributed by atoms with van der Waals surface area (Å²) in [6.45, 7) is 0. The third kappa shape index (κ3) is 4.05. The Bertz CT molecular complexity index is 2850. The van der Waals surface area contributed by atoms with Gasteiger partial charge in [0.15, 0.2) is 0 Å². The fraction of sp³-hybridized carbons (Fsp3) is 0.0213. The molecule has 2 aliphatic rings. The van der Waals surface area contributed by atoms with E-state index in [9.17, 15) is 0 Å². The third-order valence-corrected chi connectivity index (χ3v) is 10.6. The van der Waals surface area contributed by atoms with Crippen LogP contribution in [-0.2, 0) is 5.41 Å². The van der Waals surface area contributed by atoms with Crippen molar-refractivity contribution in [2.24, 2.45) is 0 Å². The van der Waals surface area contributed by atoms with Crippen molar-refractivity contribution < 1.29 is 9.47 Å². The highest BCUT2D eigenvalue weighted by atomic mass is 16.5. The van der Waals surface area contributed by atoms with E-state index in [-0.39, 0.29) is 0 Å². The molecule has 5 nitrogen and oxygen atoms in total. The van der Waals surface area contributed by atoms with Gasteiger partial charge >= 0.3 is 0 Å². The van der Waals surface area contributed by atoms with Crippen LogP contribution < -0.4 is 9.47 Å². The molecule has 1 unspecified atom stereocenters. The molecule has 5 heteroatoms. The van der Waals surface area contributed by atoms with Gasteiger partial charge in [0, 0.05) is 56.7 Å². The number of hydrogen-bond donors (Lipinski definition) is 0. The smallest absolute Gasteiger partial charge is 0.145 e. The number of rotatable bonds is 3. The highest BCUT2D eigenvalue weighted by molar-refractivity contribution is 6.09. The molecule has 9 aromatic rings. The predicted molar refractivity (Wildman–Crippen MR) is 206 cm³/mol. The molecule has 0 bridgehead atoms. The van der Waals surface area contributed by atoms with Crippen LogP contribution in [-0.4, -0.2) is 14.5 Å². The van der Waals surface area contributed by atoms with Gasteiger partial charge in [0.05, 0.1) is 16.6 Å². The first-order chi connectivity index (χ1) is 25.8. The number of pyridine rings is 2. The van der Waals surface area contributed by atoms with Crippen molar-refractivity contribution in [2.45, 2.75) is 5.41 Å². The molecule has 0 saturated carbocycles. The summed E-state index contributed by atoms with van der Waals surface area (Å²) in [4.78, 5) is 9.44. The number of aromatic nitrogens is 3. The van der Waals surface area contributed by atoms with Gasteiger partial charge in [-0.25, -0.2) is 4.98 Å². The molecule has 6 aromatic carbocycles. The first kappa shape index (κ1) is 28.8. The molecule has 2 aliphatic heterocycles. The Hall–Kier alpha value is -6.98. The van der Waals surface area contributed by atoms with Gasteiger partial charge in [-0.05, 0) is 77.9 Å². The van der Waals surface area contributed by atoms with Crippen molar-refractivity contribution in [1.82, 2.24) is 14.5 Å². The molecule has 244 valence electrons. The molecule has 1 spiro atoms. The van der Waals surface area contributed by atoms with Gasteiger partial charge in [-0.3, -0.25) is 9.55 Å². The molecule has 0 aliphatic carbocycles. The lowest BCUT2D eigenvalue weighted by atomic mass is 9.62. The zero-order valence-corrected chi connectivity index (χ0v) is 27.9. The Labute approximate surface area is 300 Å². The van der Waals surface area contributed by atoms with Crippen molar-refractivity contribution >= 4 is 21.9 Å². The van der Waals surface area contributed by atoms with E-state index >= 15 is 0 Å². The highest BCUT2D eigenvalue weighted by Crippen LogP contribution is 2.62. The quantitative estimate of drug-likeness (QED) is 0.188. The molecule has 0 N–H and O–H groups in total. The Morgan fingerprint density at radius 1 is 0.423 bits per heavy atom. The van der Waals surface area contributed by atoms with Gasteiger partial charge < -0.3 is 9.47 Å². The van der Waals surface area contributed by atoms with Crippen LogP contribution in [0.25, 0.3) is 50.0 Å². The first-order valence-corrected chi connectivity index (χ1v) is 17.5. The lowest BCUT2D eigenvalue weighted by molar-refractivity contribution is 0.399. The van der Waals surface area contributed by atoms with Gasteiger partial charge in [-0.15, -0.1) is 0 Å². The summed E-state index contributed by atoms with van der Waals surface area (Å²) in [5.74, 6) is 3.28. The molecule has 0 saturated heterocycles. The third-order valence-electron chi connectivity index (χ3n) is 10.6. The van der Waals surface area contributed by atoms with E-state index in [1.54, 1.807) is 0 Å². The van der Waals surface area contributed by atoms with Crippen molar-refractivity contribution in [3.63, 3.8) is 0 Å². The summed E-state index contributed by atoms with van der Waals surface area (Å²) in [6.07, 6.45) is 3.69. The van der Waals surface area contributed by atoms with Crippen molar-refractivity contribution in [1.29, 1.82) is 0 Å². The van der Waals surface area contributed by atoms with Crippen LogP contribution in [0.5, 0.6) is 23.0 Å². The maximum Gasteiger partial charge on any atom is 0.145 e. The minimum atomic E-state index is -0.676. The lowest BCUT2D eigenvalue weighted by Crippen LogP contribution is -2.36. The monoisotopic (exact) mass is 667 g/mol. The van der Waals surface area contributed by atoms with E-state index < -0.39 is 5.41 Å². The molecule has 0 fully saturated rings. The number of para-hydroxylation sites is 3. The van der Waals surface area contributed by atoms with E-state index in [2.05, 4.69) is 131 Å². The minimum Gasteiger partial charge on any atom is -0.457 e. The predicted octanol–water partition coefficient (Wildman–Crippen LogP) is 11.5. The molecule has 0 amide bonds. The van der Waals surface area contributed by atoms with E-state index in [1.165, 1.54) is 5.39 Å². The van der Waals surface area contributed by atoms with Crippen molar-refractivity contribution in [2.75, 3.05) is 0 Å². The minimum absolute atomic E-state index is 0.676. The molecular formula is C47H29N3O2. The van der Waals surface area contributed by atoms with Gasteiger partial charge in [0.2, 0.25) is 0 Å². The summed E-state index contributed by atoms with van der Waals surface area (Å²) in [7, 11) is 0. The van der Waals surface area contributed by atoms with Crippen LogP contribution in [0.1, 0.15) is 22.3 Å². The van der Waals surface area contributed by atoms with Crippen LogP contribution >= 0.6 is 0 Å². The average Bonchev–Trinajstić information content (AvgIpc) is 3.54. The zero-order valence-electron chi connectivity index (χ0n) is 27.9. The summed E-state index contributed by atoms with van der Waals surface area (Å²) in [5.41, 5.74) is 10.8. The number of nitrogens with zero attached hydrogens (tertiary/aromatic N) is 3. The molecule has 5 heterocycles. The average molecular weight is 668 g/mol. The number of hydrogen-bond acceptors (Lipinski definition) is 4. The second-order valence-corrected chi connectivity index (χ2v) is 13.4. The van der Waals surface area contributed by atoms with E-state index in [0.29, 0.717) is 0 Å². The summed E-state index contributed by atoms with van der Waals surface area (Å²) >= 11 is 0. The maximum absolute atomic E-state index is 6.85. The van der Waals surface area contributed by atoms with Crippen LogP contribution in [0.3, 0.4) is 0 Å². The van der Waals surface area contributed by atoms with E-state index in [0.717, 1.165) is 89.9 Å². The number of ether oxygens (including phenoxy) is 2. The molecule has 0 radical (unpaired) electrons. The van der Waals surface area contributed by atoms with Crippen LogP contribution in [0, 0.1) is 0 Å². The van der Waals surface area contributed by atoms with Crippen LogP contribution in [0.15, 0.2) is 176 Å². The van der Waals surface area contributed by atoms with Crippen molar-refractivity contribution in [3.05, 3.63) is 198 Å². The fourth-order valence-electron chi connectivity index (χ4n) is 8.41. The molecule has 11 rings (SSSR count). The molecule has 3 aromatic heterocycles. The lowest BCUT2D eigenvalue weighted by Gasteiger charge is -2.45. The Balaban J connectivity index is 1.14.